The normalized spacial score (nSPS) is 18.2. The highest BCUT2D eigenvalue weighted by Crippen LogP contribution is 2.27. The molecule has 0 radical (unpaired) electrons. The van der Waals surface area contributed by atoms with Crippen LogP contribution in [0.1, 0.15) is 25.3 Å². The first-order valence-corrected chi connectivity index (χ1v) is 7.34. The van der Waals surface area contributed by atoms with Crippen molar-refractivity contribution in [3.8, 4) is 5.75 Å². The van der Waals surface area contributed by atoms with E-state index < -0.39 is 6.61 Å². The predicted octanol–water partition coefficient (Wildman–Crippen LogP) is 3.71. The molecular formula is C14H18BrF2NO2. The van der Waals surface area contributed by atoms with Crippen molar-refractivity contribution in [2.75, 3.05) is 13.2 Å². The van der Waals surface area contributed by atoms with Crippen LogP contribution in [0.5, 0.6) is 5.75 Å². The summed E-state index contributed by atoms with van der Waals surface area (Å²) in [5, 5.41) is 3.43. The molecule has 3 nitrogen and oxygen atoms in total. The Hall–Kier alpha value is -0.720. The molecule has 0 spiro atoms. The van der Waals surface area contributed by atoms with Gasteiger partial charge in [-0.25, -0.2) is 0 Å². The zero-order valence-corrected chi connectivity index (χ0v) is 12.9. The van der Waals surface area contributed by atoms with Crippen LogP contribution >= 0.6 is 15.9 Å². The second-order valence-electron chi connectivity index (χ2n) is 5.16. The molecule has 0 atom stereocenters. The van der Waals surface area contributed by atoms with E-state index in [-0.39, 0.29) is 11.3 Å². The highest BCUT2D eigenvalue weighted by Gasteiger charge is 2.26. The van der Waals surface area contributed by atoms with E-state index in [1.54, 1.807) is 18.2 Å². The van der Waals surface area contributed by atoms with Crippen molar-refractivity contribution in [2.24, 2.45) is 0 Å². The van der Waals surface area contributed by atoms with E-state index >= 15 is 0 Å². The second kappa shape index (κ2) is 6.83. The van der Waals surface area contributed by atoms with Gasteiger partial charge in [-0.2, -0.15) is 8.78 Å². The minimum atomic E-state index is -2.81. The van der Waals surface area contributed by atoms with Gasteiger partial charge in [0.15, 0.2) is 0 Å². The van der Waals surface area contributed by atoms with Crippen molar-refractivity contribution in [1.29, 1.82) is 0 Å². The first-order valence-electron chi connectivity index (χ1n) is 6.54. The fraction of sp³-hybridized carbons (Fsp3) is 0.571. The summed E-state index contributed by atoms with van der Waals surface area (Å²) in [5.74, 6) is 0.214. The first kappa shape index (κ1) is 15.7. The average Bonchev–Trinajstić information content (AvgIpc) is 2.39. The van der Waals surface area contributed by atoms with Gasteiger partial charge in [0.1, 0.15) is 5.75 Å². The average molecular weight is 350 g/mol. The Labute approximate surface area is 125 Å². The molecular weight excluding hydrogens is 332 g/mol. The van der Waals surface area contributed by atoms with E-state index in [9.17, 15) is 8.78 Å². The van der Waals surface area contributed by atoms with Crippen LogP contribution < -0.4 is 10.1 Å². The molecule has 1 saturated heterocycles. The van der Waals surface area contributed by atoms with Gasteiger partial charge in [-0.15, -0.1) is 0 Å². The third-order valence-electron chi connectivity index (χ3n) is 3.54. The molecule has 1 heterocycles. The number of halogens is 3. The molecule has 0 unspecified atom stereocenters. The first-order chi connectivity index (χ1) is 9.48. The predicted molar refractivity (Wildman–Crippen MR) is 76.1 cm³/mol. The second-order valence-corrected chi connectivity index (χ2v) is 6.07. The number of nitrogens with one attached hydrogen (secondary N) is 1. The number of ether oxygens (including phenoxy) is 2. The lowest BCUT2D eigenvalue weighted by Gasteiger charge is -2.35. The minimum Gasteiger partial charge on any atom is -0.434 e. The van der Waals surface area contributed by atoms with Crippen LogP contribution in [0.4, 0.5) is 8.78 Å². The van der Waals surface area contributed by atoms with Crippen molar-refractivity contribution < 1.29 is 18.3 Å². The monoisotopic (exact) mass is 349 g/mol. The molecule has 112 valence electrons. The Morgan fingerprint density at radius 3 is 2.75 bits per heavy atom. The Morgan fingerprint density at radius 2 is 2.10 bits per heavy atom. The molecule has 6 heteroatoms. The molecule has 1 fully saturated rings. The molecule has 0 saturated carbocycles. The Morgan fingerprint density at radius 1 is 1.40 bits per heavy atom. The van der Waals surface area contributed by atoms with Gasteiger partial charge in [-0.1, -0.05) is 15.9 Å². The van der Waals surface area contributed by atoms with Gasteiger partial charge >= 0.3 is 6.61 Å². The summed E-state index contributed by atoms with van der Waals surface area (Å²) in [6, 6.07) is 5.05. The third kappa shape index (κ3) is 4.40. The van der Waals surface area contributed by atoms with Crippen LogP contribution in [0.3, 0.4) is 0 Å². The standard InChI is InChI=1S/C14H18BrF2NO2/c1-14(4-6-19-7-5-14)18-9-10-8-11(15)2-3-12(10)20-13(16)17/h2-3,8,13,18H,4-7,9H2,1H3. The van der Waals surface area contributed by atoms with Gasteiger partial charge in [0.05, 0.1) is 0 Å². The summed E-state index contributed by atoms with van der Waals surface area (Å²) in [4.78, 5) is 0. The van der Waals surface area contributed by atoms with Crippen molar-refractivity contribution >= 4 is 15.9 Å². The zero-order valence-electron chi connectivity index (χ0n) is 11.3. The summed E-state index contributed by atoms with van der Waals surface area (Å²) >= 11 is 3.35. The van der Waals surface area contributed by atoms with Gasteiger partial charge in [-0.3, -0.25) is 0 Å². The molecule has 0 bridgehead atoms. The lowest BCUT2D eigenvalue weighted by atomic mass is 9.92. The largest absolute Gasteiger partial charge is 0.434 e. The van der Waals surface area contributed by atoms with Crippen molar-refractivity contribution in [2.45, 2.75) is 38.5 Å². The lowest BCUT2D eigenvalue weighted by Crippen LogP contribution is -2.46. The number of rotatable bonds is 5. The molecule has 1 aliphatic rings. The minimum absolute atomic E-state index is 0.0251. The molecule has 1 aromatic rings. The maximum Gasteiger partial charge on any atom is 0.387 e. The molecule has 1 N–H and O–H groups in total. The highest BCUT2D eigenvalue weighted by molar-refractivity contribution is 9.10. The van der Waals surface area contributed by atoms with Crippen LogP contribution in [0, 0.1) is 0 Å². The maximum atomic E-state index is 12.4. The molecule has 0 aliphatic carbocycles. The summed E-state index contributed by atoms with van der Waals surface area (Å²) in [6.45, 7) is 1.25. The SMILES string of the molecule is CC1(NCc2cc(Br)ccc2OC(F)F)CCOCC1. The summed E-state index contributed by atoms with van der Waals surface area (Å²) in [7, 11) is 0. The zero-order chi connectivity index (χ0) is 14.6. The number of benzene rings is 1. The van der Waals surface area contributed by atoms with Gasteiger partial charge in [0.2, 0.25) is 0 Å². The van der Waals surface area contributed by atoms with E-state index in [4.69, 9.17) is 4.74 Å². The van der Waals surface area contributed by atoms with E-state index in [1.807, 2.05) is 0 Å². The molecule has 1 aromatic carbocycles. The molecule has 20 heavy (non-hydrogen) atoms. The summed E-state index contributed by atoms with van der Waals surface area (Å²) < 4.78 is 35.5. The van der Waals surface area contributed by atoms with Gasteiger partial charge in [-0.05, 0) is 38.0 Å². The van der Waals surface area contributed by atoms with E-state index in [1.165, 1.54) is 0 Å². The third-order valence-corrected chi connectivity index (χ3v) is 4.03. The topological polar surface area (TPSA) is 30.5 Å². The van der Waals surface area contributed by atoms with Crippen LogP contribution in [0.25, 0.3) is 0 Å². The van der Waals surface area contributed by atoms with Crippen molar-refractivity contribution in [3.63, 3.8) is 0 Å². The van der Waals surface area contributed by atoms with Gasteiger partial charge in [0, 0.05) is 35.3 Å². The molecule has 0 amide bonds. The Bertz CT molecular complexity index is 451. The summed E-state index contributed by atoms with van der Waals surface area (Å²) in [5.41, 5.74) is 0.690. The quantitative estimate of drug-likeness (QED) is 0.878. The Balaban J connectivity index is 2.05. The van der Waals surface area contributed by atoms with Crippen LogP contribution in [-0.2, 0) is 11.3 Å². The fourth-order valence-electron chi connectivity index (χ4n) is 2.20. The molecule has 0 aromatic heterocycles. The van der Waals surface area contributed by atoms with Crippen molar-refractivity contribution in [3.05, 3.63) is 28.2 Å². The van der Waals surface area contributed by atoms with Gasteiger partial charge in [0.25, 0.3) is 0 Å². The number of alkyl halides is 2. The Kier molecular flexibility index (Phi) is 5.35. The molecule has 2 rings (SSSR count). The molecule has 1 aliphatic heterocycles. The van der Waals surface area contributed by atoms with E-state index in [0.717, 1.165) is 30.5 Å². The fourth-order valence-corrected chi connectivity index (χ4v) is 2.61. The smallest absolute Gasteiger partial charge is 0.387 e. The van der Waals surface area contributed by atoms with Gasteiger partial charge < -0.3 is 14.8 Å². The van der Waals surface area contributed by atoms with E-state index in [0.29, 0.717) is 12.1 Å². The van der Waals surface area contributed by atoms with E-state index in [2.05, 4.69) is 32.9 Å². The highest BCUT2D eigenvalue weighted by atomic mass is 79.9. The number of hydrogen-bond donors (Lipinski definition) is 1. The lowest BCUT2D eigenvalue weighted by molar-refractivity contribution is -0.0505. The summed E-state index contributed by atoms with van der Waals surface area (Å²) in [6.07, 6.45) is 1.82. The number of hydrogen-bond acceptors (Lipinski definition) is 3. The van der Waals surface area contributed by atoms with Crippen LogP contribution in [-0.4, -0.2) is 25.4 Å². The van der Waals surface area contributed by atoms with Crippen molar-refractivity contribution in [1.82, 2.24) is 5.32 Å². The van der Waals surface area contributed by atoms with Crippen LogP contribution in [0.2, 0.25) is 0 Å². The maximum absolute atomic E-state index is 12.4. The van der Waals surface area contributed by atoms with Crippen LogP contribution in [0.15, 0.2) is 22.7 Å².